The first-order valence-corrected chi connectivity index (χ1v) is 7.78. The largest absolute Gasteiger partial charge is 0.495 e. The van der Waals surface area contributed by atoms with Crippen LogP contribution in [0.2, 0.25) is 0 Å². The van der Waals surface area contributed by atoms with E-state index < -0.39 is 17.7 Å². The number of para-hydroxylation sites is 3. The SMILES string of the molecule is COc1ccccc1NC(=O)C(=O)N/N=C\c1ccccc1OCC(N)=O. The molecule has 9 heteroatoms. The Kier molecular flexibility index (Phi) is 6.89. The Labute approximate surface area is 155 Å². The van der Waals surface area contributed by atoms with Crippen LogP contribution in [0.15, 0.2) is 53.6 Å². The molecular formula is C18H18N4O5. The lowest BCUT2D eigenvalue weighted by molar-refractivity contribution is -0.136. The third-order valence-corrected chi connectivity index (χ3v) is 3.22. The van der Waals surface area contributed by atoms with Crippen molar-refractivity contribution in [1.29, 1.82) is 0 Å². The number of primary amides is 1. The first-order chi connectivity index (χ1) is 13.0. The average Bonchev–Trinajstić information content (AvgIpc) is 2.67. The van der Waals surface area contributed by atoms with Gasteiger partial charge in [-0.1, -0.05) is 24.3 Å². The number of hydrogen-bond acceptors (Lipinski definition) is 6. The van der Waals surface area contributed by atoms with Crippen molar-refractivity contribution in [2.45, 2.75) is 0 Å². The Hall–Kier alpha value is -3.88. The minimum Gasteiger partial charge on any atom is -0.495 e. The third-order valence-electron chi connectivity index (χ3n) is 3.22. The van der Waals surface area contributed by atoms with Crippen molar-refractivity contribution in [2.24, 2.45) is 10.8 Å². The summed E-state index contributed by atoms with van der Waals surface area (Å²) >= 11 is 0. The Morgan fingerprint density at radius 1 is 1.04 bits per heavy atom. The number of nitrogens with two attached hydrogens (primary N) is 1. The third kappa shape index (κ3) is 5.85. The number of methoxy groups -OCH3 is 1. The molecule has 0 spiro atoms. The van der Waals surface area contributed by atoms with E-state index in [0.29, 0.717) is 22.7 Å². The second kappa shape index (κ2) is 9.56. The van der Waals surface area contributed by atoms with Gasteiger partial charge in [0.05, 0.1) is 19.0 Å². The summed E-state index contributed by atoms with van der Waals surface area (Å²) in [5.41, 5.74) is 8.00. The van der Waals surface area contributed by atoms with Gasteiger partial charge in [-0.25, -0.2) is 5.43 Å². The molecule has 140 valence electrons. The molecule has 0 heterocycles. The molecule has 3 amide bonds. The van der Waals surface area contributed by atoms with Crippen molar-refractivity contribution in [3.8, 4) is 11.5 Å². The minimum atomic E-state index is -0.965. The molecule has 0 radical (unpaired) electrons. The van der Waals surface area contributed by atoms with E-state index in [0.717, 1.165) is 0 Å². The molecule has 0 saturated heterocycles. The molecule has 0 bridgehead atoms. The molecule has 4 N–H and O–H groups in total. The van der Waals surface area contributed by atoms with Gasteiger partial charge in [0.25, 0.3) is 5.91 Å². The molecule has 27 heavy (non-hydrogen) atoms. The van der Waals surface area contributed by atoms with Gasteiger partial charge in [-0.3, -0.25) is 14.4 Å². The van der Waals surface area contributed by atoms with E-state index in [1.807, 2.05) is 0 Å². The topological polar surface area (TPSA) is 132 Å². The second-order valence-corrected chi connectivity index (χ2v) is 5.15. The highest BCUT2D eigenvalue weighted by Crippen LogP contribution is 2.22. The molecule has 9 nitrogen and oxygen atoms in total. The molecule has 0 aliphatic heterocycles. The van der Waals surface area contributed by atoms with Crippen LogP contribution in [0.5, 0.6) is 11.5 Å². The molecular weight excluding hydrogens is 352 g/mol. The zero-order chi connectivity index (χ0) is 19.6. The average molecular weight is 370 g/mol. The number of anilines is 1. The van der Waals surface area contributed by atoms with Crippen molar-refractivity contribution < 1.29 is 23.9 Å². The van der Waals surface area contributed by atoms with Gasteiger partial charge in [0.2, 0.25) is 0 Å². The number of hydrogen-bond donors (Lipinski definition) is 3. The van der Waals surface area contributed by atoms with Crippen LogP contribution in [0.3, 0.4) is 0 Å². The van der Waals surface area contributed by atoms with Crippen LogP contribution in [-0.4, -0.2) is 37.7 Å². The van der Waals surface area contributed by atoms with Crippen molar-refractivity contribution in [3.63, 3.8) is 0 Å². The molecule has 0 aliphatic rings. The van der Waals surface area contributed by atoms with Crippen LogP contribution in [-0.2, 0) is 14.4 Å². The summed E-state index contributed by atoms with van der Waals surface area (Å²) < 4.78 is 10.3. The number of carbonyl (C=O) groups is 3. The van der Waals surface area contributed by atoms with E-state index in [1.54, 1.807) is 48.5 Å². The van der Waals surface area contributed by atoms with Crippen molar-refractivity contribution in [3.05, 3.63) is 54.1 Å². The maximum absolute atomic E-state index is 11.9. The molecule has 0 fully saturated rings. The number of hydrazone groups is 1. The normalized spacial score (nSPS) is 10.3. The van der Waals surface area contributed by atoms with Crippen LogP contribution in [0.1, 0.15) is 5.56 Å². The Morgan fingerprint density at radius 2 is 1.70 bits per heavy atom. The summed E-state index contributed by atoms with van der Waals surface area (Å²) in [6.07, 6.45) is 1.28. The highest BCUT2D eigenvalue weighted by atomic mass is 16.5. The standard InChI is InChI=1S/C18H18N4O5/c1-26-15-9-5-3-7-13(15)21-17(24)18(25)22-20-10-12-6-2-4-8-14(12)27-11-16(19)23/h2-10H,11H2,1H3,(H2,19,23)(H,21,24)(H,22,25)/b20-10-. The molecule has 0 unspecified atom stereocenters. The maximum Gasteiger partial charge on any atom is 0.329 e. The molecule has 2 rings (SSSR count). The van der Waals surface area contributed by atoms with Gasteiger partial charge >= 0.3 is 11.8 Å². The van der Waals surface area contributed by atoms with Crippen LogP contribution in [0.25, 0.3) is 0 Å². The fraction of sp³-hybridized carbons (Fsp3) is 0.111. The monoisotopic (exact) mass is 370 g/mol. The number of nitrogens with one attached hydrogen (secondary N) is 2. The van der Waals surface area contributed by atoms with Gasteiger partial charge in [0.1, 0.15) is 11.5 Å². The predicted molar refractivity (Wildman–Crippen MR) is 98.5 cm³/mol. The van der Waals surface area contributed by atoms with E-state index in [4.69, 9.17) is 15.2 Å². The van der Waals surface area contributed by atoms with Crippen molar-refractivity contribution in [2.75, 3.05) is 19.0 Å². The van der Waals surface area contributed by atoms with E-state index in [9.17, 15) is 14.4 Å². The number of carbonyl (C=O) groups excluding carboxylic acids is 3. The van der Waals surface area contributed by atoms with Crippen molar-refractivity contribution >= 4 is 29.6 Å². The number of amides is 3. The zero-order valence-electron chi connectivity index (χ0n) is 14.5. The lowest BCUT2D eigenvalue weighted by Crippen LogP contribution is -2.32. The van der Waals surface area contributed by atoms with Gasteiger partial charge in [0.15, 0.2) is 6.61 Å². The Balaban J connectivity index is 1.97. The number of benzene rings is 2. The van der Waals surface area contributed by atoms with Crippen LogP contribution in [0.4, 0.5) is 5.69 Å². The van der Waals surface area contributed by atoms with Crippen LogP contribution >= 0.6 is 0 Å². The number of ether oxygens (including phenoxy) is 2. The van der Waals surface area contributed by atoms with E-state index in [-0.39, 0.29) is 6.61 Å². The molecule has 0 saturated carbocycles. The zero-order valence-corrected chi connectivity index (χ0v) is 14.5. The smallest absolute Gasteiger partial charge is 0.329 e. The summed E-state index contributed by atoms with van der Waals surface area (Å²) in [7, 11) is 1.45. The summed E-state index contributed by atoms with van der Waals surface area (Å²) in [6.45, 7) is -0.293. The first kappa shape index (κ1) is 19.4. The molecule has 0 aromatic heterocycles. The fourth-order valence-corrected chi connectivity index (χ4v) is 2.01. The van der Waals surface area contributed by atoms with Crippen LogP contribution in [0, 0.1) is 0 Å². The van der Waals surface area contributed by atoms with Gasteiger partial charge in [-0.2, -0.15) is 5.10 Å². The van der Waals surface area contributed by atoms with Gasteiger partial charge in [-0.15, -0.1) is 0 Å². The molecule has 2 aromatic carbocycles. The highest BCUT2D eigenvalue weighted by Gasteiger charge is 2.15. The summed E-state index contributed by atoms with van der Waals surface area (Å²) in [4.78, 5) is 34.6. The Bertz CT molecular complexity index is 866. The molecule has 0 atom stereocenters. The first-order valence-electron chi connectivity index (χ1n) is 7.78. The second-order valence-electron chi connectivity index (χ2n) is 5.15. The highest BCUT2D eigenvalue weighted by molar-refractivity contribution is 6.39. The fourth-order valence-electron chi connectivity index (χ4n) is 2.01. The minimum absolute atomic E-state index is 0.293. The summed E-state index contributed by atoms with van der Waals surface area (Å²) in [5, 5.41) is 6.15. The van der Waals surface area contributed by atoms with E-state index in [2.05, 4.69) is 15.8 Å². The summed E-state index contributed by atoms with van der Waals surface area (Å²) in [5.74, 6) is -1.72. The van der Waals surface area contributed by atoms with E-state index in [1.165, 1.54) is 13.3 Å². The van der Waals surface area contributed by atoms with E-state index >= 15 is 0 Å². The quantitative estimate of drug-likeness (QED) is 0.374. The molecule has 2 aromatic rings. The molecule has 0 aliphatic carbocycles. The van der Waals surface area contributed by atoms with Gasteiger partial charge < -0.3 is 20.5 Å². The summed E-state index contributed by atoms with van der Waals surface area (Å²) in [6, 6.07) is 13.4. The maximum atomic E-state index is 11.9. The number of nitrogens with zero attached hydrogens (tertiary/aromatic N) is 1. The predicted octanol–water partition coefficient (Wildman–Crippen LogP) is 0.648. The van der Waals surface area contributed by atoms with Gasteiger partial charge in [-0.05, 0) is 24.3 Å². The number of rotatable bonds is 7. The van der Waals surface area contributed by atoms with Gasteiger partial charge in [0, 0.05) is 5.56 Å². The van der Waals surface area contributed by atoms with Crippen molar-refractivity contribution in [1.82, 2.24) is 5.43 Å². The van der Waals surface area contributed by atoms with Crippen LogP contribution < -0.4 is 25.9 Å². The lowest BCUT2D eigenvalue weighted by atomic mass is 10.2. The lowest BCUT2D eigenvalue weighted by Gasteiger charge is -2.09. The Morgan fingerprint density at radius 3 is 2.41 bits per heavy atom.